The highest BCUT2D eigenvalue weighted by Crippen LogP contribution is 2.48. The summed E-state index contributed by atoms with van der Waals surface area (Å²) in [5.74, 6) is -0.439. The minimum absolute atomic E-state index is 0.0644. The van der Waals surface area contributed by atoms with Gasteiger partial charge in [0.15, 0.2) is 5.13 Å². The minimum atomic E-state index is -0.719. The molecule has 1 amide bonds. The second-order valence-corrected chi connectivity index (χ2v) is 6.92. The summed E-state index contributed by atoms with van der Waals surface area (Å²) < 4.78 is 0. The van der Waals surface area contributed by atoms with E-state index in [9.17, 15) is 9.90 Å². The molecule has 0 unspecified atom stereocenters. The van der Waals surface area contributed by atoms with Gasteiger partial charge in [-0.05, 0) is 30.5 Å². The Labute approximate surface area is 141 Å². The van der Waals surface area contributed by atoms with Gasteiger partial charge in [-0.15, -0.1) is 11.3 Å². The molecule has 1 heterocycles. The number of amides is 1. The topological polar surface area (TPSA) is 88.2 Å². The summed E-state index contributed by atoms with van der Waals surface area (Å²) in [4.78, 5) is 15.8. The maximum Gasteiger partial charge on any atom is 0.228 e. The highest BCUT2D eigenvalue weighted by atomic mass is 35.5. The van der Waals surface area contributed by atoms with Crippen molar-refractivity contribution in [3.63, 3.8) is 0 Å². The normalized spacial score (nSPS) is 16.1. The van der Waals surface area contributed by atoms with Gasteiger partial charge < -0.3 is 16.2 Å². The molecule has 3 rings (SSSR count). The molecule has 116 valence electrons. The van der Waals surface area contributed by atoms with Gasteiger partial charge in [0.25, 0.3) is 0 Å². The van der Waals surface area contributed by atoms with Gasteiger partial charge in [0, 0.05) is 5.02 Å². The number of hydrogen-bond acceptors (Lipinski definition) is 5. The van der Waals surface area contributed by atoms with Crippen LogP contribution in [0.2, 0.25) is 10.0 Å². The fraction of sp³-hybridized carbons (Fsp3) is 0.286. The van der Waals surface area contributed by atoms with Crippen LogP contribution in [0.5, 0.6) is 5.88 Å². The van der Waals surface area contributed by atoms with Crippen LogP contribution in [0.15, 0.2) is 17.5 Å². The van der Waals surface area contributed by atoms with Crippen LogP contribution >= 0.6 is 34.5 Å². The monoisotopic (exact) mass is 357 g/mol. The van der Waals surface area contributed by atoms with Gasteiger partial charge in [0.05, 0.1) is 21.5 Å². The Morgan fingerprint density at radius 1 is 1.36 bits per heavy atom. The minimum Gasteiger partial charge on any atom is -0.493 e. The van der Waals surface area contributed by atoms with Crippen LogP contribution in [-0.2, 0) is 10.2 Å². The zero-order valence-electron chi connectivity index (χ0n) is 11.4. The van der Waals surface area contributed by atoms with Crippen molar-refractivity contribution in [1.29, 1.82) is 0 Å². The number of nitrogens with one attached hydrogen (secondary N) is 1. The average Bonchev–Trinajstić information content (AvgIpc) is 2.78. The van der Waals surface area contributed by atoms with Gasteiger partial charge in [-0.25, -0.2) is 0 Å². The van der Waals surface area contributed by atoms with Gasteiger partial charge in [-0.3, -0.25) is 4.79 Å². The molecule has 0 bridgehead atoms. The number of rotatable bonds is 4. The third-order valence-corrected chi connectivity index (χ3v) is 5.36. The number of halogens is 2. The molecule has 1 saturated carbocycles. The quantitative estimate of drug-likeness (QED) is 0.776. The number of carbonyl (C=O) groups excluding carboxylic acids is 1. The number of hydrogen-bond donors (Lipinski definition) is 3. The molecule has 0 radical (unpaired) electrons. The first-order valence-corrected chi connectivity index (χ1v) is 8.27. The van der Waals surface area contributed by atoms with Crippen LogP contribution in [0.1, 0.15) is 24.8 Å². The summed E-state index contributed by atoms with van der Waals surface area (Å²) in [5, 5.41) is 15.1. The summed E-state index contributed by atoms with van der Waals surface area (Å²) in [7, 11) is 0. The van der Waals surface area contributed by atoms with E-state index < -0.39 is 5.41 Å². The molecule has 22 heavy (non-hydrogen) atoms. The maximum atomic E-state index is 11.9. The van der Waals surface area contributed by atoms with Crippen LogP contribution in [0.4, 0.5) is 10.8 Å². The summed E-state index contributed by atoms with van der Waals surface area (Å²) in [5.41, 5.74) is 6.12. The average molecular weight is 358 g/mol. The molecule has 8 heteroatoms. The van der Waals surface area contributed by atoms with Gasteiger partial charge in [-0.1, -0.05) is 29.6 Å². The number of thiazole rings is 1. The van der Waals surface area contributed by atoms with E-state index in [4.69, 9.17) is 28.9 Å². The molecule has 4 N–H and O–H groups in total. The number of primary amides is 1. The van der Waals surface area contributed by atoms with Crippen molar-refractivity contribution in [3.05, 3.63) is 33.1 Å². The Morgan fingerprint density at radius 3 is 2.59 bits per heavy atom. The van der Waals surface area contributed by atoms with Gasteiger partial charge in [-0.2, -0.15) is 4.98 Å². The fourth-order valence-corrected chi connectivity index (χ4v) is 3.82. The van der Waals surface area contributed by atoms with Crippen molar-refractivity contribution in [3.8, 4) is 5.88 Å². The van der Waals surface area contributed by atoms with Crippen molar-refractivity contribution < 1.29 is 9.90 Å². The summed E-state index contributed by atoms with van der Waals surface area (Å²) in [6.45, 7) is 0. The number of nitrogens with zero attached hydrogens (tertiary/aromatic N) is 1. The number of carbonyl (C=O) groups is 1. The molecule has 1 aromatic carbocycles. The lowest BCUT2D eigenvalue weighted by molar-refractivity contribution is -0.126. The maximum absolute atomic E-state index is 11.9. The number of anilines is 2. The lowest BCUT2D eigenvalue weighted by Gasteiger charge is -2.40. The van der Waals surface area contributed by atoms with E-state index in [1.165, 1.54) is 16.7 Å². The molecule has 1 fully saturated rings. The summed E-state index contributed by atoms with van der Waals surface area (Å²) in [6, 6.07) is 3.34. The van der Waals surface area contributed by atoms with Crippen molar-refractivity contribution in [1.82, 2.24) is 4.98 Å². The fourth-order valence-electron chi connectivity index (χ4n) is 2.63. The Morgan fingerprint density at radius 2 is 2.09 bits per heavy atom. The van der Waals surface area contributed by atoms with Gasteiger partial charge in [0.1, 0.15) is 0 Å². The van der Waals surface area contributed by atoms with Gasteiger partial charge >= 0.3 is 0 Å². The van der Waals surface area contributed by atoms with E-state index in [1.807, 2.05) is 0 Å². The standard InChI is InChI=1S/C14H13Cl2N3O2S/c15-8-5-9(16)10(18-13-19-11(20)6-22-13)4-7(8)14(12(17)21)2-1-3-14/h4-6,20H,1-3H2,(H2,17,21)(H,18,19). The van der Waals surface area contributed by atoms with E-state index in [-0.39, 0.29) is 11.8 Å². The lowest BCUT2D eigenvalue weighted by atomic mass is 9.64. The Bertz CT molecular complexity index is 744. The molecule has 0 spiro atoms. The van der Waals surface area contributed by atoms with E-state index >= 15 is 0 Å². The van der Waals surface area contributed by atoms with Crippen molar-refractivity contribution in [2.75, 3.05) is 5.32 Å². The zero-order valence-corrected chi connectivity index (χ0v) is 13.7. The predicted octanol–water partition coefficient (Wildman–Crippen LogP) is 3.81. The van der Waals surface area contributed by atoms with E-state index in [0.717, 1.165) is 6.42 Å². The zero-order chi connectivity index (χ0) is 15.9. The Kier molecular flexibility index (Phi) is 3.92. The Balaban J connectivity index is 2.01. The molecular weight excluding hydrogens is 345 g/mol. The third-order valence-electron chi connectivity index (χ3n) is 3.98. The van der Waals surface area contributed by atoms with Crippen LogP contribution in [0.25, 0.3) is 0 Å². The first kappa shape index (κ1) is 15.4. The Hall–Kier alpha value is -1.50. The van der Waals surface area contributed by atoms with E-state index in [1.54, 1.807) is 12.1 Å². The number of nitrogens with two attached hydrogens (primary N) is 1. The molecule has 1 aromatic heterocycles. The SMILES string of the molecule is NC(=O)C1(c2cc(Nc3nc(O)cs3)c(Cl)cc2Cl)CCC1. The molecule has 0 saturated heterocycles. The van der Waals surface area contributed by atoms with Gasteiger partial charge in [0.2, 0.25) is 11.8 Å². The van der Waals surface area contributed by atoms with Crippen LogP contribution in [-0.4, -0.2) is 16.0 Å². The highest BCUT2D eigenvalue weighted by Gasteiger charge is 2.45. The summed E-state index contributed by atoms with van der Waals surface area (Å²) in [6.07, 6.45) is 2.30. The number of benzene rings is 1. The highest BCUT2D eigenvalue weighted by molar-refractivity contribution is 7.14. The predicted molar refractivity (Wildman–Crippen MR) is 88.2 cm³/mol. The number of aromatic hydroxyl groups is 1. The molecule has 0 aliphatic heterocycles. The second-order valence-electron chi connectivity index (χ2n) is 5.25. The van der Waals surface area contributed by atoms with Crippen molar-refractivity contribution in [2.24, 2.45) is 5.73 Å². The van der Waals surface area contributed by atoms with Crippen LogP contribution in [0, 0.1) is 0 Å². The lowest BCUT2D eigenvalue weighted by Crippen LogP contribution is -2.46. The molecule has 1 aliphatic rings. The first-order chi connectivity index (χ1) is 10.4. The van der Waals surface area contributed by atoms with Crippen LogP contribution < -0.4 is 11.1 Å². The molecule has 2 aromatic rings. The molecule has 0 atom stereocenters. The molecule has 5 nitrogen and oxygen atoms in total. The van der Waals surface area contributed by atoms with Crippen LogP contribution in [0.3, 0.4) is 0 Å². The van der Waals surface area contributed by atoms with E-state index in [2.05, 4.69) is 10.3 Å². The third kappa shape index (κ3) is 2.51. The van der Waals surface area contributed by atoms with Crippen molar-refractivity contribution >= 4 is 51.3 Å². The second kappa shape index (κ2) is 5.61. The molecule has 1 aliphatic carbocycles. The largest absolute Gasteiger partial charge is 0.493 e. The number of aromatic nitrogens is 1. The molecular formula is C14H13Cl2N3O2S. The van der Waals surface area contributed by atoms with Crippen molar-refractivity contribution in [2.45, 2.75) is 24.7 Å². The first-order valence-electron chi connectivity index (χ1n) is 6.63. The smallest absolute Gasteiger partial charge is 0.228 e. The summed E-state index contributed by atoms with van der Waals surface area (Å²) >= 11 is 13.7. The van der Waals surface area contributed by atoms with E-state index in [0.29, 0.717) is 39.3 Å².